The molecule has 2 rings (SSSR count). The standard InChI is InChI=1S/C12H11BrN2O2/c1-17-9-2-3-10(11(13)6-9)12(16)7-15-5-4-14-8-15/h2-6,8H,7H2,1H3. The van der Waals surface area contributed by atoms with E-state index < -0.39 is 0 Å². The predicted molar refractivity (Wildman–Crippen MR) is 67.3 cm³/mol. The van der Waals surface area contributed by atoms with Gasteiger partial charge in [-0.05, 0) is 34.1 Å². The van der Waals surface area contributed by atoms with Crippen LogP contribution in [0.15, 0.2) is 41.4 Å². The molecule has 4 nitrogen and oxygen atoms in total. The monoisotopic (exact) mass is 294 g/mol. The van der Waals surface area contributed by atoms with Crippen molar-refractivity contribution in [3.63, 3.8) is 0 Å². The molecular formula is C12H11BrN2O2. The van der Waals surface area contributed by atoms with Crippen LogP contribution in [-0.4, -0.2) is 22.4 Å². The van der Waals surface area contributed by atoms with E-state index in [1.807, 2.05) is 0 Å². The molecule has 88 valence electrons. The zero-order valence-electron chi connectivity index (χ0n) is 9.26. The smallest absolute Gasteiger partial charge is 0.183 e. The van der Waals surface area contributed by atoms with Gasteiger partial charge in [-0.15, -0.1) is 0 Å². The normalized spacial score (nSPS) is 10.2. The van der Waals surface area contributed by atoms with Crippen LogP contribution in [0.1, 0.15) is 10.4 Å². The number of carbonyl (C=O) groups excluding carboxylic acids is 1. The molecule has 0 saturated carbocycles. The van der Waals surface area contributed by atoms with Gasteiger partial charge >= 0.3 is 0 Å². The zero-order valence-corrected chi connectivity index (χ0v) is 10.8. The number of Topliss-reactive ketones (excluding diaryl/α,β-unsaturated/α-hetero) is 1. The van der Waals surface area contributed by atoms with Gasteiger partial charge in [0.25, 0.3) is 0 Å². The second-order valence-corrected chi connectivity index (χ2v) is 4.36. The first-order valence-electron chi connectivity index (χ1n) is 5.03. The number of rotatable bonds is 4. The molecule has 0 N–H and O–H groups in total. The van der Waals surface area contributed by atoms with E-state index in [4.69, 9.17) is 4.74 Å². The van der Waals surface area contributed by atoms with Crippen molar-refractivity contribution in [1.29, 1.82) is 0 Å². The van der Waals surface area contributed by atoms with Gasteiger partial charge < -0.3 is 9.30 Å². The van der Waals surface area contributed by atoms with E-state index >= 15 is 0 Å². The summed E-state index contributed by atoms with van der Waals surface area (Å²) in [7, 11) is 1.59. The maximum absolute atomic E-state index is 12.0. The average molecular weight is 295 g/mol. The molecule has 1 aromatic carbocycles. The number of imidazole rings is 1. The van der Waals surface area contributed by atoms with E-state index in [-0.39, 0.29) is 12.3 Å². The molecule has 0 radical (unpaired) electrons. The summed E-state index contributed by atoms with van der Waals surface area (Å²) in [5, 5.41) is 0. The van der Waals surface area contributed by atoms with Crippen molar-refractivity contribution in [2.24, 2.45) is 0 Å². The molecule has 0 aliphatic heterocycles. The first-order chi connectivity index (χ1) is 8.20. The summed E-state index contributed by atoms with van der Waals surface area (Å²) in [6.45, 7) is 0.283. The molecule has 1 aromatic heterocycles. The van der Waals surface area contributed by atoms with Crippen molar-refractivity contribution in [2.45, 2.75) is 6.54 Å². The van der Waals surface area contributed by atoms with Crippen molar-refractivity contribution < 1.29 is 9.53 Å². The number of benzene rings is 1. The Morgan fingerprint density at radius 3 is 2.94 bits per heavy atom. The van der Waals surface area contributed by atoms with Crippen molar-refractivity contribution in [1.82, 2.24) is 9.55 Å². The summed E-state index contributed by atoms with van der Waals surface area (Å²) < 4.78 is 7.55. The van der Waals surface area contributed by atoms with Crippen LogP contribution in [-0.2, 0) is 6.54 Å². The van der Waals surface area contributed by atoms with Crippen molar-refractivity contribution in [3.05, 3.63) is 47.0 Å². The number of hydrogen-bond acceptors (Lipinski definition) is 3. The van der Waals surface area contributed by atoms with Crippen LogP contribution in [0.2, 0.25) is 0 Å². The van der Waals surface area contributed by atoms with E-state index in [0.717, 1.165) is 10.2 Å². The van der Waals surface area contributed by atoms with E-state index in [9.17, 15) is 4.79 Å². The molecule has 2 aromatic rings. The molecule has 0 bridgehead atoms. The van der Waals surface area contributed by atoms with Crippen molar-refractivity contribution in [2.75, 3.05) is 7.11 Å². The minimum Gasteiger partial charge on any atom is -0.497 e. The number of hydrogen-bond donors (Lipinski definition) is 0. The SMILES string of the molecule is COc1ccc(C(=O)Cn2ccnc2)c(Br)c1. The summed E-state index contributed by atoms with van der Waals surface area (Å²) in [5.74, 6) is 0.744. The lowest BCUT2D eigenvalue weighted by atomic mass is 10.1. The Morgan fingerprint density at radius 1 is 1.53 bits per heavy atom. The molecule has 0 aliphatic rings. The van der Waals surface area contributed by atoms with Gasteiger partial charge in [-0.2, -0.15) is 0 Å². The molecule has 17 heavy (non-hydrogen) atoms. The summed E-state index contributed by atoms with van der Waals surface area (Å²) >= 11 is 3.37. The van der Waals surface area contributed by atoms with Crippen LogP contribution in [0.4, 0.5) is 0 Å². The van der Waals surface area contributed by atoms with Crippen LogP contribution in [0.5, 0.6) is 5.75 Å². The highest BCUT2D eigenvalue weighted by Gasteiger charge is 2.11. The van der Waals surface area contributed by atoms with Gasteiger partial charge in [0.05, 0.1) is 20.0 Å². The van der Waals surface area contributed by atoms with Gasteiger partial charge in [-0.1, -0.05) is 0 Å². The second-order valence-electron chi connectivity index (χ2n) is 3.50. The van der Waals surface area contributed by atoms with E-state index in [1.54, 1.807) is 48.6 Å². The lowest BCUT2D eigenvalue weighted by molar-refractivity contribution is 0.0971. The fraction of sp³-hybridized carbons (Fsp3) is 0.167. The number of aromatic nitrogens is 2. The maximum atomic E-state index is 12.0. The topological polar surface area (TPSA) is 44.1 Å². The lowest BCUT2D eigenvalue weighted by Gasteiger charge is -2.06. The van der Waals surface area contributed by atoms with Gasteiger partial charge in [0.2, 0.25) is 0 Å². The Kier molecular flexibility index (Phi) is 3.58. The Bertz CT molecular complexity index is 523. The van der Waals surface area contributed by atoms with Crippen LogP contribution < -0.4 is 4.74 Å². The Morgan fingerprint density at radius 2 is 2.35 bits per heavy atom. The minimum atomic E-state index is 0.0255. The van der Waals surface area contributed by atoms with E-state index in [2.05, 4.69) is 20.9 Å². The third-order valence-corrected chi connectivity index (χ3v) is 3.02. The molecule has 0 unspecified atom stereocenters. The summed E-state index contributed by atoms with van der Waals surface area (Å²) in [6, 6.07) is 5.30. The third kappa shape index (κ3) is 2.74. The highest BCUT2D eigenvalue weighted by molar-refractivity contribution is 9.10. The van der Waals surface area contributed by atoms with Crippen LogP contribution in [0, 0.1) is 0 Å². The Balaban J connectivity index is 2.19. The molecule has 0 fully saturated rings. The molecule has 0 saturated heterocycles. The molecule has 0 spiro atoms. The summed E-state index contributed by atoms with van der Waals surface area (Å²) in [6.07, 6.45) is 5.03. The maximum Gasteiger partial charge on any atom is 0.183 e. The first-order valence-corrected chi connectivity index (χ1v) is 5.82. The lowest BCUT2D eigenvalue weighted by Crippen LogP contribution is -2.09. The van der Waals surface area contributed by atoms with Gasteiger partial charge in [0.15, 0.2) is 5.78 Å². The second kappa shape index (κ2) is 5.14. The van der Waals surface area contributed by atoms with Crippen molar-refractivity contribution >= 4 is 21.7 Å². The predicted octanol–water partition coefficient (Wildman–Crippen LogP) is 2.54. The van der Waals surface area contributed by atoms with Crippen LogP contribution in [0.3, 0.4) is 0 Å². The Labute approximate surface area is 107 Å². The van der Waals surface area contributed by atoms with E-state index in [1.165, 1.54) is 0 Å². The highest BCUT2D eigenvalue weighted by atomic mass is 79.9. The van der Waals surface area contributed by atoms with Gasteiger partial charge in [0.1, 0.15) is 5.75 Å². The Hall–Kier alpha value is -1.62. The van der Waals surface area contributed by atoms with Gasteiger partial charge in [-0.3, -0.25) is 4.79 Å². The highest BCUT2D eigenvalue weighted by Crippen LogP contribution is 2.23. The first kappa shape index (κ1) is 11.9. The van der Waals surface area contributed by atoms with Gasteiger partial charge in [0, 0.05) is 22.4 Å². The number of ether oxygens (including phenoxy) is 1. The zero-order chi connectivity index (χ0) is 12.3. The van der Waals surface area contributed by atoms with Gasteiger partial charge in [-0.25, -0.2) is 4.98 Å². The molecular weight excluding hydrogens is 284 g/mol. The fourth-order valence-electron chi connectivity index (χ4n) is 1.48. The number of methoxy groups -OCH3 is 1. The number of ketones is 1. The number of nitrogens with zero attached hydrogens (tertiary/aromatic N) is 2. The number of halogens is 1. The molecule has 5 heteroatoms. The molecule has 1 heterocycles. The molecule has 0 atom stereocenters. The quantitative estimate of drug-likeness (QED) is 0.814. The summed E-state index contributed by atoms with van der Waals surface area (Å²) in [5.41, 5.74) is 0.638. The fourth-order valence-corrected chi connectivity index (χ4v) is 2.06. The van der Waals surface area contributed by atoms with Crippen LogP contribution in [0.25, 0.3) is 0 Å². The average Bonchev–Trinajstić information content (AvgIpc) is 2.81. The van der Waals surface area contributed by atoms with E-state index in [0.29, 0.717) is 5.56 Å². The van der Waals surface area contributed by atoms with Crippen LogP contribution >= 0.6 is 15.9 Å². The third-order valence-electron chi connectivity index (χ3n) is 2.36. The molecule has 0 amide bonds. The largest absolute Gasteiger partial charge is 0.497 e. The molecule has 0 aliphatic carbocycles. The number of carbonyl (C=O) groups is 1. The summed E-state index contributed by atoms with van der Waals surface area (Å²) in [4.78, 5) is 15.9. The minimum absolute atomic E-state index is 0.0255. The van der Waals surface area contributed by atoms with Crippen molar-refractivity contribution in [3.8, 4) is 5.75 Å².